The lowest BCUT2D eigenvalue weighted by Crippen LogP contribution is -3.00. The van der Waals surface area contributed by atoms with E-state index in [1.54, 1.807) is 0 Å². The van der Waals surface area contributed by atoms with Crippen LogP contribution in [0.15, 0.2) is 85.1 Å². The summed E-state index contributed by atoms with van der Waals surface area (Å²) in [6.45, 7) is 7.54. The first-order valence-corrected chi connectivity index (χ1v) is 11.9. The summed E-state index contributed by atoms with van der Waals surface area (Å²) in [5.74, 6) is 0. The van der Waals surface area contributed by atoms with Gasteiger partial charge in [0.2, 0.25) is 0 Å². The van der Waals surface area contributed by atoms with E-state index >= 15 is 0 Å². The summed E-state index contributed by atoms with van der Waals surface area (Å²) in [5, 5.41) is 12.7. The van der Waals surface area contributed by atoms with Crippen LogP contribution in [0.25, 0.3) is 5.57 Å². The zero-order chi connectivity index (χ0) is 23.5. The molecule has 6 heteroatoms. The van der Waals surface area contributed by atoms with Crippen molar-refractivity contribution < 1.29 is 32.8 Å². The minimum Gasteiger partial charge on any atom is -1.00 e. The Morgan fingerprint density at radius 2 is 1.63 bits per heavy atom. The van der Waals surface area contributed by atoms with Gasteiger partial charge in [-0.3, -0.25) is 9.88 Å². The second-order valence-corrected chi connectivity index (χ2v) is 8.64. The molecule has 4 nitrogen and oxygen atoms in total. The summed E-state index contributed by atoms with van der Waals surface area (Å²) in [7, 11) is 1.84. The van der Waals surface area contributed by atoms with Crippen molar-refractivity contribution in [3.63, 3.8) is 0 Å². The van der Waals surface area contributed by atoms with Crippen molar-refractivity contribution in [2.45, 2.75) is 38.8 Å². The van der Waals surface area contributed by atoms with Gasteiger partial charge in [-0.05, 0) is 70.1 Å². The minimum atomic E-state index is -0.420. The van der Waals surface area contributed by atoms with Crippen LogP contribution in [0.3, 0.4) is 0 Å². The molecule has 1 aliphatic rings. The molecule has 3 aromatic rings. The predicted molar refractivity (Wildman–Crippen MR) is 140 cm³/mol. The number of benzene rings is 2. The second-order valence-electron chi connectivity index (χ2n) is 8.64. The Balaban J connectivity index is 0. The Morgan fingerprint density at radius 3 is 2.20 bits per heavy atom. The number of likely N-dealkylation sites (tertiary alicyclic amines) is 1. The maximum atomic E-state index is 9.73. The number of halogens is 2. The first-order valence-electron chi connectivity index (χ1n) is 11.9. The summed E-state index contributed by atoms with van der Waals surface area (Å²) in [6, 6.07) is 24.6. The van der Waals surface area contributed by atoms with Crippen LogP contribution in [0.1, 0.15) is 51.1 Å². The Labute approximate surface area is 226 Å². The SMILES string of the molecule is CN[C@@H](C)[C@@H](O)c1ccccc1.Cc1ccc(/C(=C\CN2CCCC2)c2ccccn2)cc1.[Cl-].[Cl-].[H+].[H+]. The molecule has 4 rings (SSSR count). The lowest BCUT2D eigenvalue weighted by molar-refractivity contribution is -0.00100. The monoisotopic (exact) mass is 515 g/mol. The Bertz CT molecular complexity index is 987. The molecule has 0 bridgehead atoms. The van der Waals surface area contributed by atoms with Gasteiger partial charge in [0.05, 0.1) is 11.8 Å². The fourth-order valence-electron chi connectivity index (χ4n) is 3.91. The molecule has 190 valence electrons. The van der Waals surface area contributed by atoms with Crippen LogP contribution in [0.4, 0.5) is 0 Å². The fourth-order valence-corrected chi connectivity index (χ4v) is 3.91. The van der Waals surface area contributed by atoms with Crippen LogP contribution in [0, 0.1) is 6.92 Å². The molecule has 35 heavy (non-hydrogen) atoms. The number of likely N-dealkylation sites (N-methyl/N-ethyl adjacent to an activating group) is 1. The smallest absolute Gasteiger partial charge is 1.00 e. The molecule has 0 radical (unpaired) electrons. The summed E-state index contributed by atoms with van der Waals surface area (Å²) in [6.07, 6.45) is 6.44. The van der Waals surface area contributed by atoms with E-state index in [4.69, 9.17) is 0 Å². The number of aliphatic hydroxyl groups excluding tert-OH is 1. The molecule has 2 atom stereocenters. The molecule has 0 aliphatic carbocycles. The maximum absolute atomic E-state index is 9.73. The topological polar surface area (TPSA) is 48.4 Å². The average molecular weight is 517 g/mol. The number of rotatable bonds is 7. The van der Waals surface area contributed by atoms with Crippen LogP contribution in [-0.4, -0.2) is 47.7 Å². The molecule has 0 amide bonds. The molecule has 0 spiro atoms. The number of pyridine rings is 1. The quantitative estimate of drug-likeness (QED) is 0.444. The first-order chi connectivity index (χ1) is 16.1. The van der Waals surface area contributed by atoms with Gasteiger partial charge in [0.15, 0.2) is 0 Å². The van der Waals surface area contributed by atoms with Crippen molar-refractivity contribution in [2.75, 3.05) is 26.7 Å². The zero-order valence-electron chi connectivity index (χ0n) is 22.9. The number of nitrogens with zero attached hydrogens (tertiary/aromatic N) is 2. The highest BCUT2D eigenvalue weighted by atomic mass is 35.5. The standard InChI is InChI=1S/C19H22N2.C10H15NO.2ClH/c1-16-7-9-17(10-8-16)18(19-6-2-3-12-20-19)11-15-21-13-4-5-14-21;1-8(11-2)10(12)9-6-4-3-5-7-9;;/h2-3,6-12H,4-5,13-15H2,1H3;3-8,10-12H,1-2H3;2*1H/b18-11+;;;/t;8-,10+;;/m.0../s1. The second kappa shape index (κ2) is 16.5. The molecule has 1 saturated heterocycles. The van der Waals surface area contributed by atoms with Crippen LogP contribution in [0.5, 0.6) is 0 Å². The lowest BCUT2D eigenvalue weighted by atomic mass is 10.0. The molecule has 1 fully saturated rings. The van der Waals surface area contributed by atoms with E-state index in [0.717, 1.165) is 17.8 Å². The molecule has 2 N–H and O–H groups in total. The van der Waals surface area contributed by atoms with Gasteiger partial charge < -0.3 is 35.2 Å². The van der Waals surface area contributed by atoms with Crippen molar-refractivity contribution in [3.05, 3.63) is 107 Å². The Kier molecular flexibility index (Phi) is 14.5. The number of aliphatic hydroxyl groups is 1. The van der Waals surface area contributed by atoms with Crippen LogP contribution >= 0.6 is 0 Å². The van der Waals surface area contributed by atoms with Crippen molar-refractivity contribution in [2.24, 2.45) is 0 Å². The Morgan fingerprint density at radius 1 is 1.00 bits per heavy atom. The highest BCUT2D eigenvalue weighted by Crippen LogP contribution is 2.22. The number of hydrogen-bond donors (Lipinski definition) is 2. The lowest BCUT2D eigenvalue weighted by Gasteiger charge is -2.17. The van der Waals surface area contributed by atoms with Gasteiger partial charge in [-0.15, -0.1) is 0 Å². The number of aryl methyl sites for hydroxylation is 1. The number of hydrogen-bond acceptors (Lipinski definition) is 4. The molecule has 1 aliphatic heterocycles. The number of aromatic nitrogens is 1. The zero-order valence-corrected chi connectivity index (χ0v) is 22.4. The van der Waals surface area contributed by atoms with Gasteiger partial charge in [0, 0.05) is 24.4 Å². The van der Waals surface area contributed by atoms with Crippen LogP contribution < -0.4 is 30.1 Å². The van der Waals surface area contributed by atoms with Crippen molar-refractivity contribution in [3.8, 4) is 0 Å². The summed E-state index contributed by atoms with van der Waals surface area (Å²) in [5.41, 5.74) is 5.79. The van der Waals surface area contributed by atoms with Crippen molar-refractivity contribution in [1.29, 1.82) is 0 Å². The molecule has 1 aromatic heterocycles. The van der Waals surface area contributed by atoms with Crippen LogP contribution in [-0.2, 0) is 0 Å². The Hall–Kier alpha value is -2.21. The highest BCUT2D eigenvalue weighted by Gasteiger charge is 2.13. The van der Waals surface area contributed by atoms with E-state index in [9.17, 15) is 5.11 Å². The van der Waals surface area contributed by atoms with E-state index in [-0.39, 0.29) is 33.7 Å². The fraction of sp³-hybridized carbons (Fsp3) is 0.345. The van der Waals surface area contributed by atoms with E-state index < -0.39 is 6.10 Å². The third-order valence-corrected chi connectivity index (χ3v) is 6.13. The van der Waals surface area contributed by atoms with Gasteiger partial charge in [0.1, 0.15) is 0 Å². The van der Waals surface area contributed by atoms with E-state index in [1.165, 1.54) is 42.6 Å². The van der Waals surface area contributed by atoms with E-state index in [0.29, 0.717) is 0 Å². The van der Waals surface area contributed by atoms with Crippen molar-refractivity contribution >= 4 is 5.57 Å². The molecule has 2 heterocycles. The van der Waals surface area contributed by atoms with E-state index in [1.807, 2.05) is 56.6 Å². The number of nitrogens with one attached hydrogen (secondary N) is 1. The van der Waals surface area contributed by atoms with Crippen molar-refractivity contribution in [1.82, 2.24) is 15.2 Å². The average Bonchev–Trinajstić information content (AvgIpc) is 3.39. The largest absolute Gasteiger partial charge is 1.00 e. The highest BCUT2D eigenvalue weighted by molar-refractivity contribution is 5.78. The third-order valence-electron chi connectivity index (χ3n) is 6.13. The van der Waals surface area contributed by atoms with Gasteiger partial charge >= 0.3 is 2.85 Å². The molecule has 0 saturated carbocycles. The first kappa shape index (κ1) is 30.8. The summed E-state index contributed by atoms with van der Waals surface area (Å²) >= 11 is 0. The summed E-state index contributed by atoms with van der Waals surface area (Å²) in [4.78, 5) is 7.05. The summed E-state index contributed by atoms with van der Waals surface area (Å²) < 4.78 is 0. The van der Waals surface area contributed by atoms with Gasteiger partial charge in [-0.1, -0.05) is 72.3 Å². The van der Waals surface area contributed by atoms with E-state index in [2.05, 4.69) is 64.6 Å². The molecule has 0 unspecified atom stereocenters. The molecule has 2 aromatic carbocycles. The van der Waals surface area contributed by atoms with Gasteiger partial charge in [0.25, 0.3) is 0 Å². The third kappa shape index (κ3) is 9.75. The molecular weight excluding hydrogens is 477 g/mol. The minimum absolute atomic E-state index is 0. The maximum Gasteiger partial charge on any atom is 1.00 e. The van der Waals surface area contributed by atoms with Gasteiger partial charge in [-0.25, -0.2) is 0 Å². The normalized spacial score (nSPS) is 15.1. The molecular formula is C29H39Cl2N3O. The van der Waals surface area contributed by atoms with Gasteiger partial charge in [-0.2, -0.15) is 0 Å². The predicted octanol–water partition coefficient (Wildman–Crippen LogP) is -0.522. The van der Waals surface area contributed by atoms with Crippen LogP contribution in [0.2, 0.25) is 0 Å².